The molecule has 2 aliphatic rings. The lowest BCUT2D eigenvalue weighted by Gasteiger charge is -2.23. The van der Waals surface area contributed by atoms with Crippen LogP contribution < -0.4 is 11.1 Å². The van der Waals surface area contributed by atoms with Crippen molar-refractivity contribution in [3.8, 4) is 23.0 Å². The highest BCUT2D eigenvalue weighted by Crippen LogP contribution is 2.68. The van der Waals surface area contributed by atoms with Crippen LogP contribution in [0.2, 0.25) is 0 Å². The largest absolute Gasteiger partial charge is 0.435 e. The van der Waals surface area contributed by atoms with Gasteiger partial charge < -0.3 is 16.2 Å². The smallest absolute Gasteiger partial charge is 0.383 e. The summed E-state index contributed by atoms with van der Waals surface area (Å²) in [5.41, 5.74) is 2.97. The lowest BCUT2D eigenvalue weighted by Crippen LogP contribution is -2.35. The fraction of sp³-hybridized carbons (Fsp3) is 0.297. The zero-order chi connectivity index (χ0) is 37.3. The van der Waals surface area contributed by atoms with Crippen LogP contribution in [0.5, 0.6) is 0 Å². The number of carbonyl (C=O) groups excluding carboxylic acids is 1. The zero-order valence-electron chi connectivity index (χ0n) is 27.5. The Kier molecular flexibility index (Phi) is 8.28. The zero-order valence-corrected chi connectivity index (χ0v) is 27.5. The minimum Gasteiger partial charge on any atom is -0.383 e. The van der Waals surface area contributed by atoms with Crippen molar-refractivity contribution < 1.29 is 40.6 Å². The third kappa shape index (κ3) is 6.54. The Hall–Kier alpha value is -5.49. The third-order valence-electron chi connectivity index (χ3n) is 9.07. The maximum Gasteiger partial charge on any atom is 0.435 e. The van der Waals surface area contributed by atoms with Crippen molar-refractivity contribution in [3.05, 3.63) is 106 Å². The third-order valence-corrected chi connectivity index (χ3v) is 9.07. The van der Waals surface area contributed by atoms with Gasteiger partial charge in [-0.05, 0) is 85.4 Å². The van der Waals surface area contributed by atoms with Gasteiger partial charge in [0, 0.05) is 34.7 Å². The number of pyridine rings is 2. The van der Waals surface area contributed by atoms with E-state index in [0.29, 0.717) is 32.6 Å². The van der Waals surface area contributed by atoms with Crippen LogP contribution in [-0.4, -0.2) is 36.4 Å². The van der Waals surface area contributed by atoms with Crippen molar-refractivity contribution in [2.75, 3.05) is 5.73 Å². The van der Waals surface area contributed by atoms with Gasteiger partial charge >= 0.3 is 6.18 Å². The molecule has 52 heavy (non-hydrogen) atoms. The molecule has 5 aromatic rings. The molecule has 1 fully saturated rings. The number of nitrogens with two attached hydrogens (primary N) is 1. The maximum absolute atomic E-state index is 15.3. The van der Waals surface area contributed by atoms with E-state index in [0.717, 1.165) is 12.1 Å². The molecule has 268 valence electrons. The number of hydrogen-bond donors (Lipinski definition) is 3. The summed E-state index contributed by atoms with van der Waals surface area (Å²) in [6, 6.07) is 11.5. The second-order valence-electron chi connectivity index (χ2n) is 13.5. The van der Waals surface area contributed by atoms with Crippen molar-refractivity contribution in [3.63, 3.8) is 0 Å². The molecule has 15 heteroatoms. The van der Waals surface area contributed by atoms with Crippen molar-refractivity contribution in [1.82, 2.24) is 25.1 Å². The maximum atomic E-state index is 15.3. The number of anilines is 1. The first kappa shape index (κ1) is 34.9. The van der Waals surface area contributed by atoms with E-state index in [9.17, 15) is 31.9 Å². The van der Waals surface area contributed by atoms with Gasteiger partial charge in [0.05, 0.1) is 11.7 Å². The van der Waals surface area contributed by atoms with Crippen molar-refractivity contribution in [2.45, 2.75) is 62.9 Å². The van der Waals surface area contributed by atoms with Crippen LogP contribution >= 0.6 is 0 Å². The van der Waals surface area contributed by atoms with Gasteiger partial charge in [0.1, 0.15) is 41.0 Å². The molecular formula is C37H29F7N6O2. The monoisotopic (exact) mass is 722 g/mol. The number of aromatic nitrogens is 4. The van der Waals surface area contributed by atoms with Gasteiger partial charge in [-0.25, -0.2) is 18.7 Å². The molecular weight excluding hydrogens is 693 g/mol. The predicted molar refractivity (Wildman–Crippen MR) is 175 cm³/mol. The Morgan fingerprint density at radius 1 is 1.08 bits per heavy atom. The molecule has 8 nitrogen and oxygen atoms in total. The number of nitrogen functional groups attached to an aromatic ring is 1. The fourth-order valence-corrected chi connectivity index (χ4v) is 6.87. The second kappa shape index (κ2) is 12.3. The molecule has 1 saturated carbocycles. The number of alkyl halides is 5. The summed E-state index contributed by atoms with van der Waals surface area (Å²) in [6.07, 6.45) is -3.97. The number of nitrogens with zero attached hydrogens (tertiary/aromatic N) is 4. The number of fused-ring (bicyclic) bond motifs is 4. The highest BCUT2D eigenvalue weighted by molar-refractivity contribution is 6.01. The number of halogens is 7. The fourth-order valence-electron chi connectivity index (χ4n) is 6.87. The van der Waals surface area contributed by atoms with E-state index in [4.69, 9.17) is 10.7 Å². The van der Waals surface area contributed by atoms with Crippen LogP contribution in [0.15, 0.2) is 60.8 Å². The molecule has 2 aromatic carbocycles. The summed E-state index contributed by atoms with van der Waals surface area (Å²) < 4.78 is 102. The van der Waals surface area contributed by atoms with Crippen LogP contribution in [0.25, 0.3) is 21.9 Å². The Morgan fingerprint density at radius 2 is 1.81 bits per heavy atom. The van der Waals surface area contributed by atoms with Crippen LogP contribution in [0.3, 0.4) is 0 Å². The quantitative estimate of drug-likeness (QED) is 0.126. The standard InChI is InChI=1S/C37H29F7N6O2/c1-35(2,52)10-8-21-6-7-24(22-4-3-5-25-23(22)9-11-46-34(25)45)31(47-21)28(14-18-12-19(38)15-20(39)13-18)48-29(51)17-50-33-30(32(49-50)37(42,43)44)26-16-27(26)36(33,40)41/h3-7,9,11-13,15,26-28,52H,14,16-17H2,1-2H3,(H2,45,46)(H,48,51)/t26-,27+,28?/m0/s1. The number of rotatable bonds is 7. The Bertz CT molecular complexity index is 2300. The van der Waals surface area contributed by atoms with E-state index < -0.39 is 76.6 Å². The molecule has 0 radical (unpaired) electrons. The second-order valence-corrected chi connectivity index (χ2v) is 13.5. The SMILES string of the molecule is CC(C)(O)C#Cc1ccc(-c2cccc3c(N)nccc23)c(C(Cc2cc(F)cc(F)c2)NC(=O)Cn2nc(C(F)(F)F)c3c2C(F)(F)[C@@H]2C[C@H]32)n1. The van der Waals surface area contributed by atoms with Crippen LogP contribution in [0, 0.1) is 29.4 Å². The van der Waals surface area contributed by atoms with Crippen LogP contribution in [-0.2, 0) is 29.9 Å². The summed E-state index contributed by atoms with van der Waals surface area (Å²) in [7, 11) is 0. The number of hydrogen-bond acceptors (Lipinski definition) is 6. The predicted octanol–water partition coefficient (Wildman–Crippen LogP) is 6.80. The summed E-state index contributed by atoms with van der Waals surface area (Å²) in [4.78, 5) is 22.6. The van der Waals surface area contributed by atoms with Crippen LogP contribution in [0.4, 0.5) is 36.6 Å². The molecule has 7 rings (SSSR count). The summed E-state index contributed by atoms with van der Waals surface area (Å²) in [6.45, 7) is 1.88. The molecule has 0 spiro atoms. The Labute approximate surface area is 291 Å². The van der Waals surface area contributed by atoms with Gasteiger partial charge in [0.2, 0.25) is 5.91 Å². The molecule has 0 aliphatic heterocycles. The molecule has 3 atom stereocenters. The first-order valence-electron chi connectivity index (χ1n) is 16.1. The van der Waals surface area contributed by atoms with Gasteiger partial charge in [0.15, 0.2) is 5.69 Å². The van der Waals surface area contributed by atoms with E-state index in [-0.39, 0.29) is 35.6 Å². The van der Waals surface area contributed by atoms with Gasteiger partial charge in [-0.2, -0.15) is 27.1 Å². The molecule has 0 saturated heterocycles. The first-order valence-corrected chi connectivity index (χ1v) is 16.1. The van der Waals surface area contributed by atoms with E-state index in [1.165, 1.54) is 20.0 Å². The van der Waals surface area contributed by atoms with E-state index in [2.05, 4.69) is 27.2 Å². The summed E-state index contributed by atoms with van der Waals surface area (Å²) >= 11 is 0. The van der Waals surface area contributed by atoms with Crippen LogP contribution in [0.1, 0.15) is 66.1 Å². The molecule has 4 N–H and O–H groups in total. The molecule has 0 bridgehead atoms. The molecule has 2 aliphatic carbocycles. The van der Waals surface area contributed by atoms with E-state index in [1.807, 2.05) is 0 Å². The number of carbonyl (C=O) groups is 1. The Morgan fingerprint density at radius 3 is 2.50 bits per heavy atom. The molecule has 3 aromatic heterocycles. The van der Waals surface area contributed by atoms with Crippen molar-refractivity contribution >= 4 is 22.5 Å². The lowest BCUT2D eigenvalue weighted by atomic mass is 9.92. The average molecular weight is 723 g/mol. The minimum absolute atomic E-state index is 0.0702. The van der Waals surface area contributed by atoms with Gasteiger partial charge in [0.25, 0.3) is 5.92 Å². The minimum atomic E-state index is -5.04. The number of nitrogens with one attached hydrogen (secondary N) is 1. The lowest BCUT2D eigenvalue weighted by molar-refractivity contribution is -0.142. The topological polar surface area (TPSA) is 119 Å². The Balaban J connectivity index is 1.36. The normalized spacial score (nSPS) is 18.0. The number of aliphatic hydroxyl groups is 1. The summed E-state index contributed by atoms with van der Waals surface area (Å²) in [5.74, 6) is -3.18. The summed E-state index contributed by atoms with van der Waals surface area (Å²) in [5, 5.41) is 17.6. The first-order chi connectivity index (χ1) is 24.4. The van der Waals surface area contributed by atoms with E-state index >= 15 is 8.78 Å². The van der Waals surface area contributed by atoms with Crippen molar-refractivity contribution in [1.29, 1.82) is 0 Å². The molecule has 1 amide bonds. The highest BCUT2D eigenvalue weighted by atomic mass is 19.4. The highest BCUT2D eigenvalue weighted by Gasteiger charge is 2.68. The van der Waals surface area contributed by atoms with Crippen molar-refractivity contribution in [2.24, 2.45) is 5.92 Å². The van der Waals surface area contributed by atoms with Gasteiger partial charge in [-0.3, -0.25) is 9.48 Å². The number of amides is 1. The average Bonchev–Trinajstić information content (AvgIpc) is 3.70. The van der Waals surface area contributed by atoms with E-state index in [1.54, 1.807) is 36.4 Å². The van der Waals surface area contributed by atoms with Gasteiger partial charge in [-0.15, -0.1) is 0 Å². The number of benzene rings is 2. The molecule has 1 unspecified atom stereocenters. The molecule has 3 heterocycles. The van der Waals surface area contributed by atoms with Gasteiger partial charge in [-0.1, -0.05) is 24.1 Å².